The van der Waals surface area contributed by atoms with E-state index >= 15 is 0 Å². The molecule has 0 aromatic heterocycles. The zero-order chi connectivity index (χ0) is 14.5. The molecular formula is C18H22N2O. The van der Waals surface area contributed by atoms with Gasteiger partial charge >= 0.3 is 0 Å². The number of likely N-dealkylation sites (tertiary alicyclic amines) is 1. The van der Waals surface area contributed by atoms with Crippen LogP contribution in [0.25, 0.3) is 10.8 Å². The molecule has 0 atom stereocenters. The number of fused-ring (bicyclic) bond motifs is 1. The Labute approximate surface area is 125 Å². The fraction of sp³-hybridized carbons (Fsp3) is 0.389. The summed E-state index contributed by atoms with van der Waals surface area (Å²) < 4.78 is 0. The lowest BCUT2D eigenvalue weighted by Crippen LogP contribution is -2.30. The Morgan fingerprint density at radius 3 is 2.67 bits per heavy atom. The van der Waals surface area contributed by atoms with Crippen molar-refractivity contribution in [2.75, 3.05) is 19.6 Å². The first-order valence-corrected chi connectivity index (χ1v) is 7.80. The minimum atomic E-state index is 0.290. The summed E-state index contributed by atoms with van der Waals surface area (Å²) in [7, 11) is 0. The Bertz CT molecular complexity index is 612. The van der Waals surface area contributed by atoms with Crippen LogP contribution < -0.4 is 5.32 Å². The number of hydrogen-bond donors (Lipinski definition) is 1. The zero-order valence-electron chi connectivity index (χ0n) is 12.3. The van der Waals surface area contributed by atoms with Crippen molar-refractivity contribution in [2.45, 2.75) is 25.8 Å². The van der Waals surface area contributed by atoms with Crippen molar-refractivity contribution >= 4 is 16.7 Å². The molecular weight excluding hydrogens is 260 g/mol. The van der Waals surface area contributed by atoms with Crippen LogP contribution in [0.5, 0.6) is 0 Å². The Morgan fingerprint density at radius 1 is 1.05 bits per heavy atom. The average Bonchev–Trinajstić information content (AvgIpc) is 3.06. The molecule has 0 saturated carbocycles. The van der Waals surface area contributed by atoms with E-state index in [9.17, 15) is 4.79 Å². The number of nitrogens with zero attached hydrogens (tertiary/aromatic N) is 1. The number of rotatable bonds is 5. The molecule has 1 aliphatic rings. The number of nitrogens with one attached hydrogen (secondary N) is 1. The highest BCUT2D eigenvalue weighted by molar-refractivity contribution is 5.85. The van der Waals surface area contributed by atoms with Crippen LogP contribution in [0.3, 0.4) is 0 Å². The van der Waals surface area contributed by atoms with Crippen LogP contribution in [0.1, 0.15) is 24.8 Å². The molecule has 0 unspecified atom stereocenters. The van der Waals surface area contributed by atoms with Crippen molar-refractivity contribution in [2.24, 2.45) is 0 Å². The van der Waals surface area contributed by atoms with Gasteiger partial charge in [-0.2, -0.15) is 0 Å². The molecule has 2 aromatic rings. The molecule has 0 radical (unpaired) electrons. The number of benzene rings is 2. The van der Waals surface area contributed by atoms with Crippen molar-refractivity contribution in [3.63, 3.8) is 0 Å². The molecule has 110 valence electrons. The molecule has 0 aliphatic carbocycles. The highest BCUT2D eigenvalue weighted by Crippen LogP contribution is 2.18. The lowest BCUT2D eigenvalue weighted by molar-refractivity contribution is -0.130. The van der Waals surface area contributed by atoms with Crippen molar-refractivity contribution in [3.05, 3.63) is 48.0 Å². The van der Waals surface area contributed by atoms with Gasteiger partial charge in [-0.3, -0.25) is 4.79 Å². The lowest BCUT2D eigenvalue weighted by atomic mass is 10.0. The lowest BCUT2D eigenvalue weighted by Gasteiger charge is -2.15. The second-order valence-electron chi connectivity index (χ2n) is 5.65. The highest BCUT2D eigenvalue weighted by atomic mass is 16.2. The molecule has 1 saturated heterocycles. The average molecular weight is 282 g/mol. The van der Waals surface area contributed by atoms with Gasteiger partial charge in [0, 0.05) is 32.6 Å². The van der Waals surface area contributed by atoms with Crippen LogP contribution in [0.2, 0.25) is 0 Å². The molecule has 0 spiro atoms. The van der Waals surface area contributed by atoms with Crippen molar-refractivity contribution in [1.29, 1.82) is 0 Å². The number of carbonyl (C=O) groups excluding carboxylic acids is 1. The third-order valence-corrected chi connectivity index (χ3v) is 4.17. The van der Waals surface area contributed by atoms with Gasteiger partial charge in [0.1, 0.15) is 0 Å². The van der Waals surface area contributed by atoms with Gasteiger partial charge in [0.25, 0.3) is 0 Å². The Hall–Kier alpha value is -1.87. The number of amides is 1. The van der Waals surface area contributed by atoms with E-state index in [0.29, 0.717) is 6.42 Å². The van der Waals surface area contributed by atoms with Crippen LogP contribution in [0.4, 0.5) is 0 Å². The molecule has 21 heavy (non-hydrogen) atoms. The largest absolute Gasteiger partial charge is 0.343 e. The van der Waals surface area contributed by atoms with Gasteiger partial charge in [-0.05, 0) is 29.2 Å². The van der Waals surface area contributed by atoms with E-state index in [0.717, 1.165) is 39.0 Å². The van der Waals surface area contributed by atoms with Crippen molar-refractivity contribution in [3.8, 4) is 0 Å². The molecule has 1 heterocycles. The maximum absolute atomic E-state index is 12.0. The number of hydrogen-bond acceptors (Lipinski definition) is 2. The van der Waals surface area contributed by atoms with Gasteiger partial charge in [0.15, 0.2) is 0 Å². The Kier molecular flexibility index (Phi) is 4.51. The topological polar surface area (TPSA) is 32.3 Å². The van der Waals surface area contributed by atoms with E-state index in [1.54, 1.807) is 0 Å². The molecule has 1 aliphatic heterocycles. The van der Waals surface area contributed by atoms with E-state index < -0.39 is 0 Å². The predicted molar refractivity (Wildman–Crippen MR) is 86.1 cm³/mol. The van der Waals surface area contributed by atoms with Crippen LogP contribution >= 0.6 is 0 Å². The smallest absolute Gasteiger partial charge is 0.223 e. The summed E-state index contributed by atoms with van der Waals surface area (Å²) in [5.74, 6) is 0.290. The first-order valence-electron chi connectivity index (χ1n) is 7.80. The molecule has 1 N–H and O–H groups in total. The molecule has 1 fully saturated rings. The number of carbonyl (C=O) groups is 1. The van der Waals surface area contributed by atoms with E-state index in [-0.39, 0.29) is 5.91 Å². The van der Waals surface area contributed by atoms with Crippen LogP contribution in [0.15, 0.2) is 42.5 Å². The molecule has 3 nitrogen and oxygen atoms in total. The molecule has 2 aromatic carbocycles. The van der Waals surface area contributed by atoms with Gasteiger partial charge < -0.3 is 10.2 Å². The third kappa shape index (κ3) is 3.42. The first kappa shape index (κ1) is 14.1. The molecule has 1 amide bonds. The quantitative estimate of drug-likeness (QED) is 0.855. The summed E-state index contributed by atoms with van der Waals surface area (Å²) in [6, 6.07) is 14.8. The summed E-state index contributed by atoms with van der Waals surface area (Å²) in [5.41, 5.74) is 1.29. The molecule has 3 heteroatoms. The maximum atomic E-state index is 12.0. The van der Waals surface area contributed by atoms with Gasteiger partial charge in [-0.25, -0.2) is 0 Å². The molecule has 0 bridgehead atoms. The summed E-state index contributed by atoms with van der Waals surface area (Å²) in [6.45, 7) is 3.46. The second-order valence-corrected chi connectivity index (χ2v) is 5.65. The fourth-order valence-electron chi connectivity index (χ4n) is 2.99. The zero-order valence-corrected chi connectivity index (χ0v) is 12.3. The molecule has 3 rings (SSSR count). The summed E-state index contributed by atoms with van der Waals surface area (Å²) in [5, 5.41) is 5.96. The monoisotopic (exact) mass is 282 g/mol. The summed E-state index contributed by atoms with van der Waals surface area (Å²) in [6.07, 6.45) is 2.93. The predicted octanol–water partition coefficient (Wildman–Crippen LogP) is 2.94. The highest BCUT2D eigenvalue weighted by Gasteiger charge is 2.16. The standard InChI is InChI=1S/C18H22N2O/c21-18(20-12-3-4-13-20)10-11-19-14-16-8-5-7-15-6-1-2-9-17(15)16/h1-2,5-9,19H,3-4,10-14H2. The van der Waals surface area contributed by atoms with Gasteiger partial charge in [-0.15, -0.1) is 0 Å². The van der Waals surface area contributed by atoms with E-state index in [1.807, 2.05) is 4.90 Å². The SMILES string of the molecule is O=C(CCNCc1cccc2ccccc12)N1CCCC1. The third-order valence-electron chi connectivity index (χ3n) is 4.17. The van der Waals surface area contributed by atoms with Gasteiger partial charge in [0.2, 0.25) is 5.91 Å². The van der Waals surface area contributed by atoms with Crippen LogP contribution in [-0.2, 0) is 11.3 Å². The minimum Gasteiger partial charge on any atom is -0.343 e. The maximum Gasteiger partial charge on any atom is 0.223 e. The van der Waals surface area contributed by atoms with E-state index in [1.165, 1.54) is 16.3 Å². The van der Waals surface area contributed by atoms with Crippen LogP contribution in [-0.4, -0.2) is 30.4 Å². The van der Waals surface area contributed by atoms with Crippen molar-refractivity contribution in [1.82, 2.24) is 10.2 Å². The second kappa shape index (κ2) is 6.72. The minimum absolute atomic E-state index is 0.290. The van der Waals surface area contributed by atoms with Gasteiger partial charge in [0.05, 0.1) is 0 Å². The summed E-state index contributed by atoms with van der Waals surface area (Å²) >= 11 is 0. The Balaban J connectivity index is 1.51. The van der Waals surface area contributed by atoms with E-state index in [2.05, 4.69) is 47.8 Å². The summed E-state index contributed by atoms with van der Waals surface area (Å²) in [4.78, 5) is 13.9. The van der Waals surface area contributed by atoms with E-state index in [4.69, 9.17) is 0 Å². The first-order chi connectivity index (χ1) is 10.3. The van der Waals surface area contributed by atoms with Crippen LogP contribution in [0, 0.1) is 0 Å². The fourth-order valence-corrected chi connectivity index (χ4v) is 2.99. The Morgan fingerprint density at radius 2 is 1.81 bits per heavy atom. The van der Waals surface area contributed by atoms with Gasteiger partial charge in [-0.1, -0.05) is 42.5 Å². The normalized spacial score (nSPS) is 14.8. The van der Waals surface area contributed by atoms with Crippen molar-refractivity contribution < 1.29 is 4.79 Å².